The number of H-pyrrole nitrogens is 2. The molecule has 2 heterocycles. The third kappa shape index (κ3) is 3.62. The number of benzene rings is 4. The Morgan fingerprint density at radius 1 is 0.556 bits per heavy atom. The molecule has 10 heteroatoms. The second-order valence-electron chi connectivity index (χ2n) is 8.22. The van der Waals surface area contributed by atoms with Crippen molar-refractivity contribution in [3.05, 3.63) is 105 Å². The minimum atomic E-state index is -0.775. The number of fused-ring (bicyclic) bond motifs is 2. The lowest BCUT2D eigenvalue weighted by molar-refractivity contribution is -0.422. The van der Waals surface area contributed by atoms with Crippen molar-refractivity contribution >= 4 is 33.4 Å². The molecule has 6 rings (SSSR count). The minimum absolute atomic E-state index is 0.372. The van der Waals surface area contributed by atoms with E-state index in [-0.39, 0.29) is 0 Å². The van der Waals surface area contributed by atoms with Gasteiger partial charge in [-0.3, -0.25) is 20.2 Å². The van der Waals surface area contributed by atoms with E-state index in [1.165, 1.54) is 6.07 Å². The molecular weight excluding hydrogens is 460 g/mol. The van der Waals surface area contributed by atoms with Crippen LogP contribution in [0.4, 0.5) is 11.4 Å². The van der Waals surface area contributed by atoms with Crippen LogP contribution in [0.3, 0.4) is 0 Å². The highest BCUT2D eigenvalue weighted by molar-refractivity contribution is 5.87. The van der Waals surface area contributed by atoms with E-state index >= 15 is 0 Å². The van der Waals surface area contributed by atoms with Crippen LogP contribution >= 0.6 is 0 Å². The van der Waals surface area contributed by atoms with Crippen molar-refractivity contribution in [1.29, 1.82) is 0 Å². The van der Waals surface area contributed by atoms with Crippen molar-refractivity contribution < 1.29 is 9.85 Å². The molecule has 0 fully saturated rings. The first-order valence-electron chi connectivity index (χ1n) is 10.9. The molecule has 0 unspecified atom stereocenters. The number of nitrogens with one attached hydrogen (secondary N) is 2. The molecule has 0 aliphatic rings. The van der Waals surface area contributed by atoms with Gasteiger partial charge in [-0.05, 0) is 47.5 Å². The molecule has 174 valence electrons. The molecule has 0 atom stereocenters. The summed E-state index contributed by atoms with van der Waals surface area (Å²) in [6.07, 6.45) is 0. The molecule has 10 nitrogen and oxygen atoms in total. The van der Waals surface area contributed by atoms with E-state index in [4.69, 9.17) is 4.98 Å². The van der Waals surface area contributed by atoms with Gasteiger partial charge in [-0.25, -0.2) is 9.97 Å². The zero-order valence-electron chi connectivity index (χ0n) is 18.5. The van der Waals surface area contributed by atoms with Crippen LogP contribution in [-0.2, 0) is 0 Å². The average Bonchev–Trinajstić information content (AvgIpc) is 3.52. The maximum atomic E-state index is 11.3. The molecule has 0 aliphatic carbocycles. The number of aromatic nitrogens is 4. The fourth-order valence-corrected chi connectivity index (χ4v) is 4.21. The summed E-state index contributed by atoms with van der Waals surface area (Å²) in [6, 6.07) is 25.5. The number of nitrogens with zero attached hydrogens (tertiary/aromatic N) is 4. The fourth-order valence-electron chi connectivity index (χ4n) is 4.21. The first-order valence-corrected chi connectivity index (χ1v) is 10.9. The summed E-state index contributed by atoms with van der Waals surface area (Å²) < 4.78 is 0. The standard InChI is InChI=1S/C26H16N6O4/c33-31(34)23-11-8-18(14-24(23)32(35)36)26-28-20-10-7-17(13-22(20)30-26)25-27-19-9-6-16(12-21(19)29-25)15-4-2-1-3-5-15/h1-14H,(H,27,29)(H,28,30). The first-order chi connectivity index (χ1) is 17.5. The highest BCUT2D eigenvalue weighted by atomic mass is 16.6. The van der Waals surface area contributed by atoms with E-state index < -0.39 is 21.2 Å². The largest absolute Gasteiger partial charge is 0.346 e. The third-order valence-corrected chi connectivity index (χ3v) is 5.99. The summed E-state index contributed by atoms with van der Waals surface area (Å²) in [7, 11) is 0. The first kappa shape index (κ1) is 21.2. The molecule has 0 aliphatic heterocycles. The summed E-state index contributed by atoms with van der Waals surface area (Å²) in [5, 5.41) is 22.4. The Morgan fingerprint density at radius 2 is 1.08 bits per heavy atom. The number of rotatable bonds is 5. The number of nitro groups is 2. The predicted molar refractivity (Wildman–Crippen MR) is 135 cm³/mol. The van der Waals surface area contributed by atoms with Gasteiger partial charge in [0, 0.05) is 23.3 Å². The van der Waals surface area contributed by atoms with Gasteiger partial charge >= 0.3 is 11.4 Å². The smallest absolute Gasteiger partial charge is 0.338 e. The van der Waals surface area contributed by atoms with Crippen molar-refractivity contribution in [2.75, 3.05) is 0 Å². The molecule has 2 N–H and O–H groups in total. The maximum Gasteiger partial charge on any atom is 0.346 e. The quantitative estimate of drug-likeness (QED) is 0.222. The molecule has 0 saturated heterocycles. The zero-order chi connectivity index (χ0) is 24.8. The van der Waals surface area contributed by atoms with Crippen LogP contribution in [0.25, 0.3) is 56.0 Å². The summed E-state index contributed by atoms with van der Waals surface area (Å²) in [4.78, 5) is 36.7. The van der Waals surface area contributed by atoms with Crippen LogP contribution in [-0.4, -0.2) is 29.8 Å². The van der Waals surface area contributed by atoms with Crippen LogP contribution in [0.5, 0.6) is 0 Å². The summed E-state index contributed by atoms with van der Waals surface area (Å²) >= 11 is 0. The van der Waals surface area contributed by atoms with Crippen LogP contribution in [0.2, 0.25) is 0 Å². The van der Waals surface area contributed by atoms with Gasteiger partial charge in [0.05, 0.1) is 31.9 Å². The Bertz CT molecular complexity index is 1810. The normalized spacial score (nSPS) is 11.2. The SMILES string of the molecule is O=[N+]([O-])c1ccc(-c2nc3cc(-c4nc5cc(-c6ccccc6)ccc5[nH]4)ccc3[nH]2)cc1[N+](=O)[O-]. The van der Waals surface area contributed by atoms with E-state index in [9.17, 15) is 20.2 Å². The lowest BCUT2D eigenvalue weighted by atomic mass is 10.1. The highest BCUT2D eigenvalue weighted by Gasteiger charge is 2.25. The molecule has 2 aromatic heterocycles. The van der Waals surface area contributed by atoms with Crippen LogP contribution in [0, 0.1) is 20.2 Å². The monoisotopic (exact) mass is 476 g/mol. The van der Waals surface area contributed by atoms with Crippen molar-refractivity contribution in [2.24, 2.45) is 0 Å². The molecule has 4 aromatic carbocycles. The van der Waals surface area contributed by atoms with E-state index in [1.54, 1.807) is 0 Å². The van der Waals surface area contributed by atoms with E-state index in [2.05, 4.69) is 27.1 Å². The Balaban J connectivity index is 1.37. The predicted octanol–water partition coefficient (Wildman–Crippen LogP) is 6.26. The fraction of sp³-hybridized carbons (Fsp3) is 0. The molecule has 0 spiro atoms. The third-order valence-electron chi connectivity index (χ3n) is 5.99. The average molecular weight is 476 g/mol. The van der Waals surface area contributed by atoms with Crippen molar-refractivity contribution in [3.63, 3.8) is 0 Å². The molecule has 0 amide bonds. The van der Waals surface area contributed by atoms with Gasteiger partial charge in [-0.1, -0.05) is 36.4 Å². The van der Waals surface area contributed by atoms with Gasteiger partial charge < -0.3 is 9.97 Å². The van der Waals surface area contributed by atoms with Crippen molar-refractivity contribution in [3.8, 4) is 33.9 Å². The molecule has 36 heavy (non-hydrogen) atoms. The van der Waals surface area contributed by atoms with Gasteiger partial charge in [0.1, 0.15) is 11.6 Å². The lowest BCUT2D eigenvalue weighted by Crippen LogP contribution is -1.97. The number of aromatic amines is 2. The Labute approximate surface area is 202 Å². The van der Waals surface area contributed by atoms with Crippen molar-refractivity contribution in [1.82, 2.24) is 19.9 Å². The second-order valence-corrected chi connectivity index (χ2v) is 8.22. The van der Waals surface area contributed by atoms with Gasteiger partial charge in [-0.15, -0.1) is 0 Å². The number of imidazole rings is 2. The molecule has 6 aromatic rings. The Hall–Kier alpha value is -5.38. The molecular formula is C26H16N6O4. The molecule has 0 radical (unpaired) electrons. The van der Waals surface area contributed by atoms with E-state index in [0.717, 1.165) is 45.4 Å². The summed E-state index contributed by atoms with van der Waals surface area (Å²) in [5.41, 5.74) is 5.34. The van der Waals surface area contributed by atoms with Gasteiger partial charge in [0.2, 0.25) is 0 Å². The zero-order valence-corrected chi connectivity index (χ0v) is 18.5. The Morgan fingerprint density at radius 3 is 1.69 bits per heavy atom. The lowest BCUT2D eigenvalue weighted by Gasteiger charge is -2.00. The van der Waals surface area contributed by atoms with E-state index in [1.807, 2.05) is 54.6 Å². The van der Waals surface area contributed by atoms with Gasteiger partial charge in [-0.2, -0.15) is 0 Å². The summed E-state index contributed by atoms with van der Waals surface area (Å²) in [5.74, 6) is 1.06. The van der Waals surface area contributed by atoms with Crippen molar-refractivity contribution in [2.45, 2.75) is 0 Å². The van der Waals surface area contributed by atoms with Gasteiger partial charge in [0.25, 0.3) is 0 Å². The minimum Gasteiger partial charge on any atom is -0.338 e. The Kier molecular flexibility index (Phi) is 4.78. The van der Waals surface area contributed by atoms with E-state index in [0.29, 0.717) is 22.7 Å². The number of hydrogen-bond donors (Lipinski definition) is 2. The topological polar surface area (TPSA) is 144 Å². The number of nitro benzene ring substituents is 2. The van der Waals surface area contributed by atoms with Crippen LogP contribution in [0.15, 0.2) is 84.9 Å². The van der Waals surface area contributed by atoms with Crippen LogP contribution < -0.4 is 0 Å². The van der Waals surface area contributed by atoms with Crippen LogP contribution in [0.1, 0.15) is 0 Å². The summed E-state index contributed by atoms with van der Waals surface area (Å²) in [6.45, 7) is 0. The molecule has 0 bridgehead atoms. The van der Waals surface area contributed by atoms with Gasteiger partial charge in [0.15, 0.2) is 0 Å². The highest BCUT2D eigenvalue weighted by Crippen LogP contribution is 2.33. The molecule has 0 saturated carbocycles. The maximum absolute atomic E-state index is 11.3. The number of hydrogen-bond acceptors (Lipinski definition) is 6. The second kappa shape index (κ2) is 8.13.